The largest absolute Gasteiger partial charge is 0.353 e. The van der Waals surface area contributed by atoms with Crippen molar-refractivity contribution in [2.45, 2.75) is 32.0 Å². The predicted molar refractivity (Wildman–Crippen MR) is 86.0 cm³/mol. The monoisotopic (exact) mass is 352 g/mol. The summed E-state index contributed by atoms with van der Waals surface area (Å²) in [5, 5.41) is 14.1. The maximum absolute atomic E-state index is 4.31. The van der Waals surface area contributed by atoms with Gasteiger partial charge in [0, 0.05) is 34.4 Å². The van der Waals surface area contributed by atoms with Crippen LogP contribution in [0.4, 0.5) is 5.82 Å². The molecular formula is C14H17BrN4S. The highest BCUT2D eigenvalue weighted by Gasteiger charge is 2.20. The molecular weight excluding hydrogens is 336 g/mol. The van der Waals surface area contributed by atoms with Crippen LogP contribution in [-0.4, -0.2) is 23.3 Å². The van der Waals surface area contributed by atoms with E-state index < -0.39 is 0 Å². The highest BCUT2D eigenvalue weighted by atomic mass is 79.9. The minimum absolute atomic E-state index is 0.705. The van der Waals surface area contributed by atoms with Gasteiger partial charge in [-0.3, -0.25) is 0 Å². The van der Waals surface area contributed by atoms with Gasteiger partial charge in [0.05, 0.1) is 12.2 Å². The number of nitrogens with zero attached hydrogens (tertiary/aromatic N) is 3. The summed E-state index contributed by atoms with van der Waals surface area (Å²) in [7, 11) is 2.04. The van der Waals surface area contributed by atoms with Gasteiger partial charge in [-0.2, -0.15) is 5.10 Å². The van der Waals surface area contributed by atoms with Gasteiger partial charge in [0.15, 0.2) is 5.82 Å². The van der Waals surface area contributed by atoms with Gasteiger partial charge in [-0.05, 0) is 47.0 Å². The second-order valence-electron chi connectivity index (χ2n) is 5.13. The lowest BCUT2D eigenvalue weighted by Gasteiger charge is -2.16. The van der Waals surface area contributed by atoms with Crippen molar-refractivity contribution in [3.63, 3.8) is 0 Å². The van der Waals surface area contributed by atoms with E-state index in [1.807, 2.05) is 13.1 Å². The van der Waals surface area contributed by atoms with Crippen molar-refractivity contribution in [1.29, 1.82) is 0 Å². The van der Waals surface area contributed by atoms with E-state index >= 15 is 0 Å². The van der Waals surface area contributed by atoms with Crippen molar-refractivity contribution in [1.82, 2.24) is 15.5 Å². The summed E-state index contributed by atoms with van der Waals surface area (Å²) in [6.45, 7) is 1.67. The molecule has 1 N–H and O–H groups in total. The zero-order chi connectivity index (χ0) is 13.9. The summed E-state index contributed by atoms with van der Waals surface area (Å²) in [5.74, 6) is 0.907. The molecule has 2 aromatic rings. The molecule has 1 aliphatic rings. The van der Waals surface area contributed by atoms with Crippen LogP contribution in [0.25, 0.3) is 0 Å². The molecule has 0 atom stereocenters. The summed E-state index contributed by atoms with van der Waals surface area (Å²) in [4.78, 5) is 3.42. The number of hydrogen-bond acceptors (Lipinski definition) is 5. The first-order valence-electron chi connectivity index (χ1n) is 6.71. The SMILES string of the molecule is CN(Cc1cc(Br)cs1)c1ccc(CNC2CC2)nn1. The topological polar surface area (TPSA) is 41.0 Å². The average molecular weight is 353 g/mol. The average Bonchev–Trinajstić information content (AvgIpc) is 3.20. The van der Waals surface area contributed by atoms with Gasteiger partial charge in [0.1, 0.15) is 0 Å². The standard InChI is InChI=1S/C14H17BrN4S/c1-19(8-13-6-10(15)9-20-13)14-5-4-12(17-18-14)7-16-11-2-3-11/h4-6,9,11,16H,2-3,7-8H2,1H3. The molecule has 3 rings (SSSR count). The summed E-state index contributed by atoms with van der Waals surface area (Å²) >= 11 is 5.23. The summed E-state index contributed by atoms with van der Waals surface area (Å²) in [6, 6.07) is 6.94. The quantitative estimate of drug-likeness (QED) is 0.866. The summed E-state index contributed by atoms with van der Waals surface area (Å²) in [5.41, 5.74) is 1.01. The van der Waals surface area contributed by atoms with E-state index in [0.717, 1.165) is 29.1 Å². The van der Waals surface area contributed by atoms with Gasteiger partial charge in [-0.25, -0.2) is 0 Å². The van der Waals surface area contributed by atoms with Crippen LogP contribution in [0.5, 0.6) is 0 Å². The third-order valence-corrected chi connectivity index (χ3v) is 4.94. The molecule has 20 heavy (non-hydrogen) atoms. The number of thiophene rings is 1. The number of anilines is 1. The predicted octanol–water partition coefficient (Wildman–Crippen LogP) is 3.19. The van der Waals surface area contributed by atoms with Crippen LogP contribution in [-0.2, 0) is 13.1 Å². The van der Waals surface area contributed by atoms with Crippen molar-refractivity contribution in [3.05, 3.63) is 38.6 Å². The van der Waals surface area contributed by atoms with E-state index in [0.29, 0.717) is 6.04 Å². The number of nitrogens with one attached hydrogen (secondary N) is 1. The molecule has 0 unspecified atom stereocenters. The molecule has 0 spiro atoms. The van der Waals surface area contributed by atoms with Crippen LogP contribution in [0.15, 0.2) is 28.1 Å². The van der Waals surface area contributed by atoms with Crippen molar-refractivity contribution in [2.75, 3.05) is 11.9 Å². The number of halogens is 1. The van der Waals surface area contributed by atoms with E-state index in [-0.39, 0.29) is 0 Å². The molecule has 1 fully saturated rings. The Kier molecular flexibility index (Phi) is 4.33. The van der Waals surface area contributed by atoms with Gasteiger partial charge in [-0.15, -0.1) is 16.4 Å². The molecule has 0 bridgehead atoms. The number of rotatable bonds is 6. The molecule has 0 aliphatic heterocycles. The first-order chi connectivity index (χ1) is 9.70. The van der Waals surface area contributed by atoms with Crippen LogP contribution in [0.1, 0.15) is 23.4 Å². The first kappa shape index (κ1) is 14.0. The normalized spacial score (nSPS) is 14.5. The Bertz CT molecular complexity index is 565. The fraction of sp³-hybridized carbons (Fsp3) is 0.429. The summed E-state index contributed by atoms with van der Waals surface area (Å²) in [6.07, 6.45) is 2.59. The molecule has 0 saturated heterocycles. The van der Waals surface area contributed by atoms with Crippen LogP contribution in [0.2, 0.25) is 0 Å². The molecule has 6 heteroatoms. The minimum Gasteiger partial charge on any atom is -0.353 e. The van der Waals surface area contributed by atoms with Crippen molar-refractivity contribution >= 4 is 33.1 Å². The molecule has 2 heterocycles. The van der Waals surface area contributed by atoms with Crippen LogP contribution in [0.3, 0.4) is 0 Å². The molecule has 106 valence electrons. The van der Waals surface area contributed by atoms with E-state index in [4.69, 9.17) is 0 Å². The molecule has 0 radical (unpaired) electrons. The first-order valence-corrected chi connectivity index (χ1v) is 8.38. The third-order valence-electron chi connectivity index (χ3n) is 3.26. The van der Waals surface area contributed by atoms with Gasteiger partial charge >= 0.3 is 0 Å². The van der Waals surface area contributed by atoms with Gasteiger partial charge in [-0.1, -0.05) is 0 Å². The fourth-order valence-corrected chi connectivity index (χ4v) is 3.44. The molecule has 2 aromatic heterocycles. The second kappa shape index (κ2) is 6.20. The molecule has 1 saturated carbocycles. The summed E-state index contributed by atoms with van der Waals surface area (Å²) < 4.78 is 1.14. The van der Waals surface area contributed by atoms with Crippen LogP contribution < -0.4 is 10.2 Å². The molecule has 0 aromatic carbocycles. The Morgan fingerprint density at radius 1 is 1.40 bits per heavy atom. The Morgan fingerprint density at radius 2 is 2.25 bits per heavy atom. The zero-order valence-corrected chi connectivity index (χ0v) is 13.7. The lowest BCUT2D eigenvalue weighted by molar-refractivity contribution is 0.664. The van der Waals surface area contributed by atoms with Crippen molar-refractivity contribution < 1.29 is 0 Å². The zero-order valence-electron chi connectivity index (χ0n) is 11.3. The van der Waals surface area contributed by atoms with E-state index in [9.17, 15) is 0 Å². The fourth-order valence-electron chi connectivity index (χ4n) is 1.94. The van der Waals surface area contributed by atoms with E-state index in [1.165, 1.54) is 17.7 Å². The Balaban J connectivity index is 1.57. The van der Waals surface area contributed by atoms with Crippen LogP contribution >= 0.6 is 27.3 Å². The Morgan fingerprint density at radius 3 is 2.85 bits per heavy atom. The third kappa shape index (κ3) is 3.77. The minimum atomic E-state index is 0.705. The second-order valence-corrected chi connectivity index (χ2v) is 7.04. The molecule has 4 nitrogen and oxygen atoms in total. The maximum Gasteiger partial charge on any atom is 0.151 e. The van der Waals surface area contributed by atoms with Gasteiger partial charge in [0.2, 0.25) is 0 Å². The Hall–Kier alpha value is -0.980. The van der Waals surface area contributed by atoms with Crippen LogP contribution in [0, 0.1) is 0 Å². The lowest BCUT2D eigenvalue weighted by Crippen LogP contribution is -2.19. The number of hydrogen-bond donors (Lipinski definition) is 1. The molecule has 0 amide bonds. The van der Waals surface area contributed by atoms with Gasteiger partial charge in [0.25, 0.3) is 0 Å². The molecule has 1 aliphatic carbocycles. The van der Waals surface area contributed by atoms with E-state index in [2.05, 4.69) is 53.9 Å². The van der Waals surface area contributed by atoms with Gasteiger partial charge < -0.3 is 10.2 Å². The lowest BCUT2D eigenvalue weighted by atomic mass is 10.3. The highest BCUT2D eigenvalue weighted by Crippen LogP contribution is 2.22. The van der Waals surface area contributed by atoms with Crippen molar-refractivity contribution in [3.8, 4) is 0 Å². The number of aromatic nitrogens is 2. The highest BCUT2D eigenvalue weighted by molar-refractivity contribution is 9.10. The smallest absolute Gasteiger partial charge is 0.151 e. The maximum atomic E-state index is 4.31. The van der Waals surface area contributed by atoms with Crippen molar-refractivity contribution in [2.24, 2.45) is 0 Å². The Labute approximate surface area is 131 Å². The van der Waals surface area contributed by atoms with E-state index in [1.54, 1.807) is 11.3 Å².